The van der Waals surface area contributed by atoms with E-state index < -0.39 is 5.69 Å². The Morgan fingerprint density at radius 3 is 2.59 bits per heavy atom. The smallest absolute Gasteiger partial charge is 0.332 e. The molecule has 3 rings (SSSR count). The summed E-state index contributed by atoms with van der Waals surface area (Å²) >= 11 is 0. The molecular weight excluding hydrogens is 374 g/mol. The van der Waals surface area contributed by atoms with Crippen LogP contribution in [0.15, 0.2) is 46.3 Å². The number of ether oxygens (including phenoxy) is 1. The largest absolute Gasteiger partial charge is 0.463 e. The minimum absolute atomic E-state index is 0.348. The number of benzene rings is 1. The van der Waals surface area contributed by atoms with E-state index >= 15 is 0 Å². The van der Waals surface area contributed by atoms with Crippen LogP contribution in [-0.2, 0) is 30.2 Å². The lowest BCUT2D eigenvalue weighted by atomic mass is 10.2. The highest BCUT2D eigenvalue weighted by atomic mass is 16.5. The molecule has 1 aromatic carbocycles. The van der Waals surface area contributed by atoms with E-state index in [4.69, 9.17) is 4.74 Å². The summed E-state index contributed by atoms with van der Waals surface area (Å²) in [6.07, 6.45) is 4.65. The van der Waals surface area contributed by atoms with E-state index in [1.54, 1.807) is 30.9 Å². The summed E-state index contributed by atoms with van der Waals surface area (Å²) in [7, 11) is 3.05. The Hall–Kier alpha value is -3.62. The minimum atomic E-state index is -0.400. The van der Waals surface area contributed by atoms with E-state index in [2.05, 4.69) is 10.3 Å². The maximum Gasteiger partial charge on any atom is 0.332 e. The van der Waals surface area contributed by atoms with Crippen LogP contribution < -0.4 is 16.6 Å². The fraction of sp³-hybridized carbons (Fsp3) is 0.300. The van der Waals surface area contributed by atoms with E-state index in [-0.39, 0.29) is 11.5 Å². The Kier molecular flexibility index (Phi) is 5.96. The number of hydrogen-bond donors (Lipinski definition) is 1. The van der Waals surface area contributed by atoms with Crippen molar-refractivity contribution < 1.29 is 9.53 Å². The molecule has 0 spiro atoms. The first-order valence-corrected chi connectivity index (χ1v) is 9.22. The van der Waals surface area contributed by atoms with Gasteiger partial charge in [-0.25, -0.2) is 14.6 Å². The molecule has 0 aliphatic rings. The zero-order chi connectivity index (χ0) is 21.0. The lowest BCUT2D eigenvalue weighted by Crippen LogP contribution is -2.37. The third-order valence-corrected chi connectivity index (χ3v) is 4.51. The third-order valence-electron chi connectivity index (χ3n) is 4.51. The molecule has 152 valence electrons. The van der Waals surface area contributed by atoms with Crippen molar-refractivity contribution in [2.45, 2.75) is 13.5 Å². The van der Waals surface area contributed by atoms with Gasteiger partial charge < -0.3 is 14.6 Å². The van der Waals surface area contributed by atoms with Crippen molar-refractivity contribution in [3.63, 3.8) is 0 Å². The van der Waals surface area contributed by atoms with Crippen LogP contribution in [0, 0.1) is 0 Å². The van der Waals surface area contributed by atoms with Crippen molar-refractivity contribution in [1.82, 2.24) is 18.7 Å². The van der Waals surface area contributed by atoms with E-state index in [1.165, 1.54) is 17.7 Å². The van der Waals surface area contributed by atoms with Gasteiger partial charge in [0, 0.05) is 38.9 Å². The highest BCUT2D eigenvalue weighted by molar-refractivity contribution is 5.87. The number of esters is 1. The lowest BCUT2D eigenvalue weighted by molar-refractivity contribution is -0.137. The average molecular weight is 397 g/mol. The molecule has 0 radical (unpaired) electrons. The number of aromatic nitrogens is 4. The topological polar surface area (TPSA) is 100 Å². The number of carbonyl (C=O) groups is 1. The summed E-state index contributed by atoms with van der Waals surface area (Å²) in [5, 5.41) is 3.28. The SMILES string of the molecule is CCOC(=O)/C=C/c1ccc(NCCn2cnc3c2c(=O)n(C)c(=O)n3C)cc1. The summed E-state index contributed by atoms with van der Waals surface area (Å²) in [5.74, 6) is -0.370. The van der Waals surface area contributed by atoms with Crippen molar-refractivity contribution in [1.29, 1.82) is 0 Å². The second-order valence-corrected chi connectivity index (χ2v) is 6.45. The molecule has 3 aromatic rings. The number of nitrogens with one attached hydrogen (secondary N) is 1. The molecule has 29 heavy (non-hydrogen) atoms. The first-order valence-electron chi connectivity index (χ1n) is 9.22. The Bertz CT molecular complexity index is 1170. The predicted molar refractivity (Wildman–Crippen MR) is 111 cm³/mol. The number of hydrogen-bond acceptors (Lipinski definition) is 6. The molecule has 0 saturated carbocycles. The number of anilines is 1. The van der Waals surface area contributed by atoms with Crippen LogP contribution in [-0.4, -0.2) is 37.8 Å². The van der Waals surface area contributed by atoms with Crippen molar-refractivity contribution in [3.8, 4) is 0 Å². The van der Waals surface area contributed by atoms with Crippen LogP contribution in [0.5, 0.6) is 0 Å². The summed E-state index contributed by atoms with van der Waals surface area (Å²) in [6, 6.07) is 7.57. The van der Waals surface area contributed by atoms with Crippen LogP contribution >= 0.6 is 0 Å². The highest BCUT2D eigenvalue weighted by Gasteiger charge is 2.13. The van der Waals surface area contributed by atoms with Gasteiger partial charge in [-0.05, 0) is 30.7 Å². The first-order chi connectivity index (χ1) is 13.9. The molecule has 2 heterocycles. The molecule has 0 saturated heterocycles. The summed E-state index contributed by atoms with van der Waals surface area (Å²) in [5.41, 5.74) is 1.80. The molecule has 9 nitrogen and oxygen atoms in total. The van der Waals surface area contributed by atoms with Gasteiger partial charge in [-0.1, -0.05) is 12.1 Å². The average Bonchev–Trinajstić information content (AvgIpc) is 3.14. The second kappa shape index (κ2) is 8.59. The fourth-order valence-electron chi connectivity index (χ4n) is 2.95. The van der Waals surface area contributed by atoms with Gasteiger partial charge in [0.1, 0.15) is 0 Å². The van der Waals surface area contributed by atoms with Gasteiger partial charge in [-0.3, -0.25) is 13.9 Å². The van der Waals surface area contributed by atoms with Gasteiger partial charge in [-0.2, -0.15) is 0 Å². The Balaban J connectivity index is 1.66. The molecule has 0 amide bonds. The van der Waals surface area contributed by atoms with Crippen molar-refractivity contribution in [3.05, 3.63) is 63.1 Å². The zero-order valence-electron chi connectivity index (χ0n) is 16.6. The Labute approximate surface area is 166 Å². The summed E-state index contributed by atoms with van der Waals surface area (Å²) in [6.45, 7) is 3.18. The summed E-state index contributed by atoms with van der Waals surface area (Å²) in [4.78, 5) is 40.0. The number of carbonyl (C=O) groups excluding carboxylic acids is 1. The molecule has 0 bridgehead atoms. The molecule has 0 aliphatic carbocycles. The molecule has 0 atom stereocenters. The van der Waals surface area contributed by atoms with Gasteiger partial charge >= 0.3 is 11.7 Å². The maximum absolute atomic E-state index is 12.4. The quantitative estimate of drug-likeness (QED) is 0.474. The number of fused-ring (bicyclic) bond motifs is 1. The number of rotatable bonds is 7. The zero-order valence-corrected chi connectivity index (χ0v) is 16.6. The maximum atomic E-state index is 12.4. The van der Waals surface area contributed by atoms with Gasteiger partial charge in [-0.15, -0.1) is 0 Å². The third kappa shape index (κ3) is 4.29. The van der Waals surface area contributed by atoms with Crippen LogP contribution in [0.4, 0.5) is 5.69 Å². The van der Waals surface area contributed by atoms with E-state index in [0.29, 0.717) is 30.9 Å². The van der Waals surface area contributed by atoms with Crippen molar-refractivity contribution in [2.75, 3.05) is 18.5 Å². The standard InChI is InChI=1S/C20H23N5O4/c1-4-29-16(26)10-7-14-5-8-15(9-6-14)21-11-12-25-13-22-18-17(25)19(27)24(3)20(28)23(18)2/h5-10,13,21H,4,11-12H2,1-3H3/b10-7+. The van der Waals surface area contributed by atoms with Crippen LogP contribution in [0.25, 0.3) is 17.2 Å². The first kappa shape index (κ1) is 20.1. The number of aryl methyl sites for hydroxylation is 1. The summed E-state index contributed by atoms with van der Waals surface area (Å²) < 4.78 is 9.03. The van der Waals surface area contributed by atoms with Gasteiger partial charge in [0.2, 0.25) is 0 Å². The van der Waals surface area contributed by atoms with E-state index in [0.717, 1.165) is 15.8 Å². The normalized spacial score (nSPS) is 11.3. The number of imidazole rings is 1. The second-order valence-electron chi connectivity index (χ2n) is 6.45. The van der Waals surface area contributed by atoms with Crippen molar-refractivity contribution >= 4 is 28.9 Å². The molecule has 0 aliphatic heterocycles. The number of nitrogens with zero attached hydrogens (tertiary/aromatic N) is 4. The Morgan fingerprint density at radius 2 is 1.90 bits per heavy atom. The molecule has 1 N–H and O–H groups in total. The Morgan fingerprint density at radius 1 is 1.17 bits per heavy atom. The van der Waals surface area contributed by atoms with Crippen LogP contribution in [0.3, 0.4) is 0 Å². The van der Waals surface area contributed by atoms with Crippen molar-refractivity contribution in [2.24, 2.45) is 14.1 Å². The molecule has 0 unspecified atom stereocenters. The lowest BCUT2D eigenvalue weighted by Gasteiger charge is -2.09. The minimum Gasteiger partial charge on any atom is -0.463 e. The van der Waals surface area contributed by atoms with Crippen LogP contribution in [0.1, 0.15) is 12.5 Å². The molecule has 9 heteroatoms. The molecule has 0 fully saturated rings. The highest BCUT2D eigenvalue weighted by Crippen LogP contribution is 2.11. The van der Waals surface area contributed by atoms with Gasteiger partial charge in [0.05, 0.1) is 12.9 Å². The van der Waals surface area contributed by atoms with Crippen LogP contribution in [0.2, 0.25) is 0 Å². The van der Waals surface area contributed by atoms with E-state index in [9.17, 15) is 14.4 Å². The predicted octanol–water partition coefficient (Wildman–Crippen LogP) is 1.12. The van der Waals surface area contributed by atoms with E-state index in [1.807, 2.05) is 24.3 Å². The van der Waals surface area contributed by atoms with Gasteiger partial charge in [0.15, 0.2) is 11.2 Å². The molecular formula is C20H23N5O4. The molecule has 2 aromatic heterocycles. The fourth-order valence-corrected chi connectivity index (χ4v) is 2.95. The van der Waals surface area contributed by atoms with Gasteiger partial charge in [0.25, 0.3) is 5.56 Å². The monoisotopic (exact) mass is 397 g/mol.